The van der Waals surface area contributed by atoms with E-state index in [9.17, 15) is 0 Å². The van der Waals surface area contributed by atoms with E-state index in [-0.39, 0.29) is 0 Å². The molecular weight excluding hydrogens is 737 g/mol. The first-order valence-corrected chi connectivity index (χ1v) is 20.8. The van der Waals surface area contributed by atoms with Gasteiger partial charge in [-0.05, 0) is 88.6 Å². The molecule has 4 heterocycles. The van der Waals surface area contributed by atoms with Crippen molar-refractivity contribution in [2.75, 3.05) is 0 Å². The van der Waals surface area contributed by atoms with Gasteiger partial charge in [-0.25, -0.2) is 9.97 Å². The Labute approximate surface area is 342 Å². The average Bonchev–Trinajstić information content (AvgIpc) is 3.96. The summed E-state index contributed by atoms with van der Waals surface area (Å²) < 4.78 is 7.14. The van der Waals surface area contributed by atoms with Crippen LogP contribution in [0.1, 0.15) is 0 Å². The van der Waals surface area contributed by atoms with Gasteiger partial charge in [0.05, 0.1) is 33.3 Å². The van der Waals surface area contributed by atoms with Gasteiger partial charge in [0.1, 0.15) is 0 Å². The van der Waals surface area contributed by atoms with Crippen LogP contribution in [0.2, 0.25) is 0 Å². The number of hydrogen-bond acceptors (Lipinski definition) is 3. The van der Waals surface area contributed by atoms with Crippen molar-refractivity contribution in [3.63, 3.8) is 0 Å². The largest absolute Gasteiger partial charge is 0.309 e. The molecule has 0 aliphatic carbocycles. The molecule has 0 saturated heterocycles. The number of nitrogens with zero attached hydrogens (tertiary/aromatic N) is 4. The average molecular weight is 769 g/mol. The summed E-state index contributed by atoms with van der Waals surface area (Å²) in [5, 5.41) is 10.9. The highest BCUT2D eigenvalue weighted by Crippen LogP contribution is 2.45. The second kappa shape index (κ2) is 12.4. The maximum Gasteiger partial charge on any atom is 0.235 e. The molecule has 0 fully saturated rings. The molecule has 0 amide bonds. The van der Waals surface area contributed by atoms with Crippen LogP contribution in [-0.2, 0) is 0 Å². The fourth-order valence-corrected chi connectivity index (χ4v) is 10.7. The highest BCUT2D eigenvalue weighted by molar-refractivity contribution is 7.26. The molecule has 0 saturated carbocycles. The van der Waals surface area contributed by atoms with Crippen LogP contribution in [0.25, 0.3) is 119 Å². The molecule has 0 atom stereocenters. The van der Waals surface area contributed by atoms with E-state index in [0.717, 1.165) is 38.9 Å². The number of hydrogen-bond donors (Lipinski definition) is 0. The van der Waals surface area contributed by atoms with Gasteiger partial charge in [0.15, 0.2) is 0 Å². The van der Waals surface area contributed by atoms with E-state index in [2.05, 4.69) is 203 Å². The quantitative estimate of drug-likeness (QED) is 0.179. The third-order valence-electron chi connectivity index (χ3n) is 12.1. The lowest BCUT2D eigenvalue weighted by Gasteiger charge is -2.13. The van der Waals surface area contributed by atoms with E-state index >= 15 is 0 Å². The van der Waals surface area contributed by atoms with E-state index in [4.69, 9.17) is 9.97 Å². The first kappa shape index (κ1) is 32.5. The molecule has 0 unspecified atom stereocenters. The lowest BCUT2D eigenvalue weighted by Crippen LogP contribution is -2.03. The van der Waals surface area contributed by atoms with Crippen molar-refractivity contribution in [1.82, 2.24) is 19.1 Å². The molecule has 0 aliphatic heterocycles. The van der Waals surface area contributed by atoms with Crippen LogP contribution in [0.4, 0.5) is 0 Å². The summed E-state index contributed by atoms with van der Waals surface area (Å²) in [6.45, 7) is 0. The molecule has 0 spiro atoms. The van der Waals surface area contributed by atoms with Crippen molar-refractivity contribution in [3.8, 4) is 34.0 Å². The third kappa shape index (κ3) is 4.77. The first-order chi connectivity index (χ1) is 29.3. The van der Waals surface area contributed by atoms with E-state index < -0.39 is 0 Å². The minimum atomic E-state index is 0.662. The van der Waals surface area contributed by atoms with Gasteiger partial charge in [-0.15, -0.1) is 11.3 Å². The second-order valence-electron chi connectivity index (χ2n) is 15.3. The van der Waals surface area contributed by atoms with Gasteiger partial charge in [0.25, 0.3) is 0 Å². The van der Waals surface area contributed by atoms with Crippen LogP contribution in [0, 0.1) is 0 Å². The molecule has 0 N–H and O–H groups in total. The molecule has 9 aromatic carbocycles. The standard InChI is InChI=1S/C54H32N4S/c1-2-15-36(16-3-1)57-46-23-11-7-18-38(46)42-30-33(26-28-48(42)57)34-27-29-49-43(31-34)39-19-8-12-24-47(39)58(49)54-55-45-22-10-6-20-40(45)52(56-54)44-32-35-14-4-5-17-37(35)51-41-21-9-13-25-50(41)59-53(44)51/h1-32H. The van der Waals surface area contributed by atoms with Crippen LogP contribution < -0.4 is 0 Å². The van der Waals surface area contributed by atoms with E-state index in [1.807, 2.05) is 11.3 Å². The predicted molar refractivity (Wildman–Crippen MR) is 249 cm³/mol. The summed E-state index contributed by atoms with van der Waals surface area (Å²) in [7, 11) is 0. The van der Waals surface area contributed by atoms with Gasteiger partial charge >= 0.3 is 0 Å². The number of thiophene rings is 1. The summed E-state index contributed by atoms with van der Waals surface area (Å²) in [6.07, 6.45) is 0. The maximum absolute atomic E-state index is 5.57. The van der Waals surface area contributed by atoms with Gasteiger partial charge in [-0.3, -0.25) is 4.57 Å². The van der Waals surface area contributed by atoms with Crippen molar-refractivity contribution in [1.29, 1.82) is 0 Å². The Morgan fingerprint density at radius 1 is 0.390 bits per heavy atom. The Kier molecular flexibility index (Phi) is 6.85. The third-order valence-corrected chi connectivity index (χ3v) is 13.3. The lowest BCUT2D eigenvalue weighted by atomic mass is 9.97. The predicted octanol–water partition coefficient (Wildman–Crippen LogP) is 14.7. The summed E-state index contributed by atoms with van der Waals surface area (Å²) in [5.41, 5.74) is 11.1. The minimum absolute atomic E-state index is 0.662. The molecular formula is C54H32N4S. The van der Waals surface area contributed by atoms with Crippen molar-refractivity contribution in [2.45, 2.75) is 0 Å². The minimum Gasteiger partial charge on any atom is -0.309 e. The molecule has 274 valence electrons. The van der Waals surface area contributed by atoms with Crippen LogP contribution >= 0.6 is 11.3 Å². The zero-order chi connectivity index (χ0) is 38.6. The SMILES string of the molecule is c1ccc(-n2c3ccccc3c3cc(-c4ccc5c(c4)c4ccccc4n5-c4nc(-c5cc6ccccc6c6c5sc5ccccc56)c5ccccc5n4)ccc32)cc1. The second-order valence-corrected chi connectivity index (χ2v) is 16.4. The van der Waals surface area contributed by atoms with Crippen LogP contribution in [0.3, 0.4) is 0 Å². The summed E-state index contributed by atoms with van der Waals surface area (Å²) in [6, 6.07) is 70.0. The fraction of sp³-hybridized carbons (Fsp3) is 0. The Morgan fingerprint density at radius 2 is 0.949 bits per heavy atom. The van der Waals surface area contributed by atoms with E-state index in [1.54, 1.807) is 0 Å². The van der Waals surface area contributed by atoms with Gasteiger partial charge in [0.2, 0.25) is 5.95 Å². The number of fused-ring (bicyclic) bond motifs is 12. The zero-order valence-electron chi connectivity index (χ0n) is 31.7. The Bertz CT molecular complexity index is 3850. The topological polar surface area (TPSA) is 35.6 Å². The first-order valence-electron chi connectivity index (χ1n) is 20.0. The number of rotatable bonds is 4. The molecule has 59 heavy (non-hydrogen) atoms. The molecule has 4 nitrogen and oxygen atoms in total. The Balaban J connectivity index is 1.03. The van der Waals surface area contributed by atoms with E-state index in [1.165, 1.54) is 74.6 Å². The smallest absolute Gasteiger partial charge is 0.235 e. The molecule has 0 bridgehead atoms. The summed E-state index contributed by atoms with van der Waals surface area (Å²) in [5.74, 6) is 0.662. The number of aromatic nitrogens is 4. The molecule has 5 heteroatoms. The fourth-order valence-electron chi connectivity index (χ4n) is 9.50. The number of benzene rings is 9. The Hall–Kier alpha value is -7.60. The molecule has 0 aliphatic rings. The van der Waals surface area contributed by atoms with Crippen LogP contribution in [0.15, 0.2) is 194 Å². The van der Waals surface area contributed by atoms with Crippen molar-refractivity contribution in [2.24, 2.45) is 0 Å². The highest BCUT2D eigenvalue weighted by Gasteiger charge is 2.21. The van der Waals surface area contributed by atoms with Gasteiger partial charge in [-0.2, -0.15) is 0 Å². The van der Waals surface area contributed by atoms with Crippen LogP contribution in [-0.4, -0.2) is 19.1 Å². The highest BCUT2D eigenvalue weighted by atomic mass is 32.1. The molecule has 13 aromatic rings. The van der Waals surface area contributed by atoms with Gasteiger partial charge in [-0.1, -0.05) is 127 Å². The van der Waals surface area contributed by atoms with Gasteiger partial charge in [0, 0.05) is 58.4 Å². The molecule has 13 rings (SSSR count). The summed E-state index contributed by atoms with van der Waals surface area (Å²) >= 11 is 1.85. The monoisotopic (exact) mass is 768 g/mol. The van der Waals surface area contributed by atoms with Gasteiger partial charge < -0.3 is 4.57 Å². The zero-order valence-corrected chi connectivity index (χ0v) is 32.5. The molecule has 4 aromatic heterocycles. The number of para-hydroxylation sites is 4. The van der Waals surface area contributed by atoms with Crippen molar-refractivity contribution in [3.05, 3.63) is 194 Å². The Morgan fingerprint density at radius 3 is 1.69 bits per heavy atom. The van der Waals surface area contributed by atoms with Crippen molar-refractivity contribution < 1.29 is 0 Å². The summed E-state index contributed by atoms with van der Waals surface area (Å²) in [4.78, 5) is 10.9. The van der Waals surface area contributed by atoms with Crippen molar-refractivity contribution >= 4 is 96.8 Å². The van der Waals surface area contributed by atoms with Crippen LogP contribution in [0.5, 0.6) is 0 Å². The molecule has 0 radical (unpaired) electrons. The van der Waals surface area contributed by atoms with E-state index in [0.29, 0.717) is 5.95 Å². The maximum atomic E-state index is 5.57. The normalized spacial score (nSPS) is 12.1. The lowest BCUT2D eigenvalue weighted by molar-refractivity contribution is 1.01.